The summed E-state index contributed by atoms with van der Waals surface area (Å²) < 4.78 is 38.4. The zero-order chi connectivity index (χ0) is 27.9. The van der Waals surface area contributed by atoms with Crippen LogP contribution in [0.25, 0.3) is 21.9 Å². The van der Waals surface area contributed by atoms with Gasteiger partial charge in [0.25, 0.3) is 0 Å². The van der Waals surface area contributed by atoms with Gasteiger partial charge in [0.1, 0.15) is 11.2 Å². The van der Waals surface area contributed by atoms with E-state index in [2.05, 4.69) is 0 Å². The van der Waals surface area contributed by atoms with Crippen molar-refractivity contribution in [1.82, 2.24) is 0 Å². The molecule has 0 saturated carbocycles. The van der Waals surface area contributed by atoms with E-state index >= 15 is 9.13 Å². The lowest BCUT2D eigenvalue weighted by molar-refractivity contribution is 0.590. The minimum atomic E-state index is -3.60. The summed E-state index contributed by atoms with van der Waals surface area (Å²) in [5.74, 6) is 0. The van der Waals surface area contributed by atoms with Gasteiger partial charge in [0.2, 0.25) is 0 Å². The first kappa shape index (κ1) is 25.5. The molecular formula is C36H26O3P2. The van der Waals surface area contributed by atoms with Crippen LogP contribution in [0.5, 0.6) is 0 Å². The average molecular weight is 569 g/mol. The molecule has 198 valence electrons. The summed E-state index contributed by atoms with van der Waals surface area (Å²) in [6.45, 7) is 0. The minimum absolute atomic E-state index is 0.560. The molecule has 0 fully saturated rings. The second-order valence-electron chi connectivity index (χ2n) is 9.97. The van der Waals surface area contributed by atoms with Gasteiger partial charge in [-0.05, 0) is 18.2 Å². The lowest BCUT2D eigenvalue weighted by atomic mass is 10.1. The number of para-hydroxylation sites is 1. The zero-order valence-corrected chi connectivity index (χ0v) is 23.9. The SMILES string of the molecule is O=P(c1ccccc1)(c1ccccc1)c1ccc2oc3ccccc3c2c1P(=O)(c1ccccc1)c1ccccc1. The Labute approximate surface area is 238 Å². The Morgan fingerprint density at radius 2 is 0.805 bits per heavy atom. The van der Waals surface area contributed by atoms with Crippen LogP contribution in [-0.4, -0.2) is 0 Å². The van der Waals surface area contributed by atoms with E-state index in [-0.39, 0.29) is 0 Å². The summed E-state index contributed by atoms with van der Waals surface area (Å²) in [5, 5.41) is 5.44. The van der Waals surface area contributed by atoms with Gasteiger partial charge < -0.3 is 13.5 Å². The molecule has 41 heavy (non-hydrogen) atoms. The Kier molecular flexibility index (Phi) is 6.36. The fourth-order valence-electron chi connectivity index (χ4n) is 5.75. The van der Waals surface area contributed by atoms with E-state index in [1.807, 2.05) is 158 Å². The van der Waals surface area contributed by atoms with Crippen molar-refractivity contribution in [3.8, 4) is 0 Å². The van der Waals surface area contributed by atoms with Crippen molar-refractivity contribution in [3.63, 3.8) is 0 Å². The van der Waals surface area contributed by atoms with Crippen LogP contribution in [0, 0.1) is 0 Å². The quantitative estimate of drug-likeness (QED) is 0.206. The lowest BCUT2D eigenvalue weighted by Gasteiger charge is -2.28. The van der Waals surface area contributed by atoms with Gasteiger partial charge in [-0.2, -0.15) is 0 Å². The van der Waals surface area contributed by atoms with E-state index in [1.54, 1.807) is 0 Å². The summed E-state index contributed by atoms with van der Waals surface area (Å²) in [4.78, 5) is 0. The van der Waals surface area contributed by atoms with Crippen LogP contribution in [-0.2, 0) is 9.13 Å². The van der Waals surface area contributed by atoms with Crippen LogP contribution in [0.3, 0.4) is 0 Å². The molecule has 0 amide bonds. The molecule has 0 unspecified atom stereocenters. The van der Waals surface area contributed by atoms with Crippen LogP contribution in [0.4, 0.5) is 0 Å². The van der Waals surface area contributed by atoms with Crippen molar-refractivity contribution >= 4 is 68.0 Å². The van der Waals surface area contributed by atoms with Crippen LogP contribution in [0.1, 0.15) is 0 Å². The van der Waals surface area contributed by atoms with E-state index in [9.17, 15) is 0 Å². The highest BCUT2D eigenvalue weighted by Gasteiger charge is 2.41. The van der Waals surface area contributed by atoms with Gasteiger partial charge in [-0.25, -0.2) is 0 Å². The number of hydrogen-bond acceptors (Lipinski definition) is 3. The topological polar surface area (TPSA) is 47.3 Å². The summed E-state index contributed by atoms with van der Waals surface area (Å²) in [6, 6.07) is 49.8. The normalized spacial score (nSPS) is 12.1. The highest BCUT2D eigenvalue weighted by molar-refractivity contribution is 7.91. The number of hydrogen-bond donors (Lipinski definition) is 0. The standard InChI is InChI=1S/C36H26O3P2/c37-40(27-15-5-1-6-16-27,28-17-7-2-8-18-28)34-26-25-33-35(31-23-13-14-24-32(31)39-33)36(34)41(38,29-19-9-3-10-20-29)30-21-11-4-12-22-30/h1-26H. The predicted octanol–water partition coefficient (Wildman–Crippen LogP) is 6.86. The highest BCUT2D eigenvalue weighted by atomic mass is 31.2. The van der Waals surface area contributed by atoms with Crippen LogP contribution < -0.4 is 31.8 Å². The molecule has 3 nitrogen and oxygen atoms in total. The van der Waals surface area contributed by atoms with Gasteiger partial charge in [-0.3, -0.25) is 0 Å². The van der Waals surface area contributed by atoms with Gasteiger partial charge in [-0.1, -0.05) is 140 Å². The third-order valence-corrected chi connectivity index (χ3v) is 14.1. The molecule has 7 aromatic rings. The molecule has 0 bridgehead atoms. The third kappa shape index (κ3) is 4.05. The fourth-order valence-corrected chi connectivity index (χ4v) is 12.3. The van der Waals surface area contributed by atoms with Crippen molar-refractivity contribution in [3.05, 3.63) is 158 Å². The average Bonchev–Trinajstić information content (AvgIpc) is 3.44. The second-order valence-corrected chi connectivity index (χ2v) is 15.4. The maximum Gasteiger partial charge on any atom is 0.172 e. The molecule has 7 rings (SSSR count). The molecule has 5 heteroatoms. The summed E-state index contributed by atoms with van der Waals surface area (Å²) in [5.41, 5.74) is 1.31. The van der Waals surface area contributed by atoms with E-state index in [1.165, 1.54) is 0 Å². The Morgan fingerprint density at radius 1 is 0.390 bits per heavy atom. The molecule has 1 aromatic heterocycles. The molecule has 0 spiro atoms. The molecule has 6 aromatic carbocycles. The maximum atomic E-state index is 16.1. The van der Waals surface area contributed by atoms with Crippen molar-refractivity contribution in [2.24, 2.45) is 0 Å². The van der Waals surface area contributed by atoms with Gasteiger partial charge in [0.15, 0.2) is 14.3 Å². The molecule has 0 N–H and O–H groups in total. The molecule has 0 aliphatic rings. The number of fused-ring (bicyclic) bond motifs is 3. The fraction of sp³-hybridized carbons (Fsp3) is 0. The maximum absolute atomic E-state index is 16.1. The van der Waals surface area contributed by atoms with Crippen LogP contribution in [0.2, 0.25) is 0 Å². The van der Waals surface area contributed by atoms with Gasteiger partial charge in [-0.15, -0.1) is 0 Å². The molecule has 0 saturated heterocycles. The van der Waals surface area contributed by atoms with E-state index in [0.29, 0.717) is 43.0 Å². The molecular weight excluding hydrogens is 542 g/mol. The Morgan fingerprint density at radius 3 is 1.29 bits per heavy atom. The van der Waals surface area contributed by atoms with Crippen LogP contribution >= 0.6 is 14.3 Å². The number of furan rings is 1. The second kappa shape index (κ2) is 10.2. The predicted molar refractivity (Wildman–Crippen MR) is 173 cm³/mol. The van der Waals surface area contributed by atoms with Gasteiger partial charge >= 0.3 is 0 Å². The summed E-state index contributed by atoms with van der Waals surface area (Å²) in [6.07, 6.45) is 0. The smallest absolute Gasteiger partial charge is 0.172 e. The molecule has 1 heterocycles. The van der Waals surface area contributed by atoms with Gasteiger partial charge in [0, 0.05) is 42.6 Å². The summed E-state index contributed by atoms with van der Waals surface area (Å²) in [7, 11) is -7.12. The zero-order valence-electron chi connectivity index (χ0n) is 22.1. The van der Waals surface area contributed by atoms with E-state index < -0.39 is 14.3 Å². The first-order chi connectivity index (χ1) is 20.1. The molecule has 0 radical (unpaired) electrons. The third-order valence-electron chi connectivity index (χ3n) is 7.63. The number of benzene rings is 6. The molecule has 0 aliphatic carbocycles. The van der Waals surface area contributed by atoms with Crippen molar-refractivity contribution in [2.45, 2.75) is 0 Å². The van der Waals surface area contributed by atoms with Crippen molar-refractivity contribution in [2.75, 3.05) is 0 Å². The monoisotopic (exact) mass is 568 g/mol. The van der Waals surface area contributed by atoms with E-state index in [0.717, 1.165) is 10.8 Å². The Bertz CT molecular complexity index is 2000. The Hall–Kier alpha value is -4.42. The largest absolute Gasteiger partial charge is 0.456 e. The van der Waals surface area contributed by atoms with Crippen LogP contribution in [0.15, 0.2) is 162 Å². The van der Waals surface area contributed by atoms with Crippen molar-refractivity contribution in [1.29, 1.82) is 0 Å². The first-order valence-corrected chi connectivity index (χ1v) is 16.9. The summed E-state index contributed by atoms with van der Waals surface area (Å²) >= 11 is 0. The molecule has 0 atom stereocenters. The van der Waals surface area contributed by atoms with Crippen molar-refractivity contribution < 1.29 is 13.5 Å². The highest BCUT2D eigenvalue weighted by Crippen LogP contribution is 2.51. The molecule has 0 aliphatic heterocycles. The Balaban J connectivity index is 1.72. The number of rotatable bonds is 6. The first-order valence-electron chi connectivity index (χ1n) is 13.5. The van der Waals surface area contributed by atoms with Gasteiger partial charge in [0.05, 0.1) is 0 Å². The lowest BCUT2D eigenvalue weighted by Crippen LogP contribution is -2.39. The van der Waals surface area contributed by atoms with E-state index in [4.69, 9.17) is 4.42 Å². The minimum Gasteiger partial charge on any atom is -0.456 e.